The third-order valence-corrected chi connectivity index (χ3v) is 4.12. The molecule has 1 N–H and O–H groups in total. The first kappa shape index (κ1) is 19.0. The van der Waals surface area contributed by atoms with Crippen LogP contribution in [0.2, 0.25) is 0 Å². The molecule has 0 aromatic carbocycles. The molecule has 0 saturated carbocycles. The van der Waals surface area contributed by atoms with Crippen molar-refractivity contribution in [3.63, 3.8) is 0 Å². The maximum atomic E-state index is 12.7. The number of hydrogen-bond acceptors (Lipinski definition) is 3. The zero-order chi connectivity index (χ0) is 18.8. The Bertz CT molecular complexity index is 748. The second-order valence-electron chi connectivity index (χ2n) is 6.04. The summed E-state index contributed by atoms with van der Waals surface area (Å²) in [6.45, 7) is 8.26. The quantitative estimate of drug-likeness (QED) is 0.864. The lowest BCUT2D eigenvalue weighted by Crippen LogP contribution is -2.31. The minimum absolute atomic E-state index is 0.0843. The van der Waals surface area contributed by atoms with Crippen LogP contribution in [-0.2, 0) is 30.6 Å². The topological polar surface area (TPSA) is 64.7 Å². The Kier molecular flexibility index (Phi) is 5.54. The van der Waals surface area contributed by atoms with Gasteiger partial charge in [0, 0.05) is 30.0 Å². The van der Waals surface area contributed by atoms with E-state index in [-0.39, 0.29) is 12.5 Å². The lowest BCUT2D eigenvalue weighted by Gasteiger charge is -2.13. The highest BCUT2D eigenvalue weighted by molar-refractivity contribution is 5.78. The van der Waals surface area contributed by atoms with E-state index in [1.54, 1.807) is 13.1 Å². The third kappa shape index (κ3) is 4.40. The van der Waals surface area contributed by atoms with E-state index in [1.165, 1.54) is 11.6 Å². The Balaban J connectivity index is 1.96. The zero-order valence-electron chi connectivity index (χ0n) is 14.7. The lowest BCUT2D eigenvalue weighted by atomic mass is 10.1. The maximum absolute atomic E-state index is 12.7. The summed E-state index contributed by atoms with van der Waals surface area (Å²) in [5.74, 6) is -0.756. The summed E-state index contributed by atoms with van der Waals surface area (Å²) in [6.07, 6.45) is -2.78. The maximum Gasteiger partial charge on any atom is 0.435 e. The molecule has 0 saturated heterocycles. The molecular weight excluding hydrogens is 335 g/mol. The van der Waals surface area contributed by atoms with E-state index < -0.39 is 17.8 Å². The van der Waals surface area contributed by atoms with Crippen molar-refractivity contribution in [2.75, 3.05) is 0 Å². The smallest absolute Gasteiger partial charge is 0.352 e. The molecule has 0 fully saturated rings. The summed E-state index contributed by atoms with van der Waals surface area (Å²) in [7, 11) is 0. The zero-order valence-corrected chi connectivity index (χ0v) is 14.7. The fourth-order valence-electron chi connectivity index (χ4n) is 2.51. The number of aromatic nitrogens is 4. The number of hydrogen-bond donors (Lipinski definition) is 1. The molecule has 0 spiro atoms. The fourth-order valence-corrected chi connectivity index (χ4v) is 2.51. The van der Waals surface area contributed by atoms with Gasteiger partial charge in [-0.2, -0.15) is 23.4 Å². The van der Waals surface area contributed by atoms with Gasteiger partial charge in [0.1, 0.15) is 0 Å². The van der Waals surface area contributed by atoms with Crippen molar-refractivity contribution < 1.29 is 18.0 Å². The molecule has 1 unspecified atom stereocenters. The van der Waals surface area contributed by atoms with Gasteiger partial charge in [-0.15, -0.1) is 0 Å². The summed E-state index contributed by atoms with van der Waals surface area (Å²) >= 11 is 0. The average molecular weight is 357 g/mol. The number of amides is 1. The summed E-state index contributed by atoms with van der Waals surface area (Å²) in [5.41, 5.74) is 1.32. The third-order valence-electron chi connectivity index (χ3n) is 4.12. The lowest BCUT2D eigenvalue weighted by molar-refractivity contribution is -0.141. The van der Waals surface area contributed by atoms with Gasteiger partial charge in [0.2, 0.25) is 5.91 Å². The predicted molar refractivity (Wildman–Crippen MR) is 85.6 cm³/mol. The normalized spacial score (nSPS) is 13.1. The molecule has 25 heavy (non-hydrogen) atoms. The molecule has 0 aliphatic carbocycles. The Hall–Kier alpha value is -2.32. The van der Waals surface area contributed by atoms with E-state index >= 15 is 0 Å². The minimum atomic E-state index is -4.49. The van der Waals surface area contributed by atoms with Crippen LogP contribution in [0.15, 0.2) is 12.3 Å². The van der Waals surface area contributed by atoms with Crippen molar-refractivity contribution in [1.82, 2.24) is 24.9 Å². The first-order chi connectivity index (χ1) is 11.6. The van der Waals surface area contributed by atoms with Crippen molar-refractivity contribution in [3.05, 3.63) is 34.9 Å². The van der Waals surface area contributed by atoms with Crippen LogP contribution in [0.25, 0.3) is 0 Å². The molecule has 6 nitrogen and oxygen atoms in total. The predicted octanol–water partition coefficient (Wildman–Crippen LogP) is 2.69. The molecule has 1 atom stereocenters. The van der Waals surface area contributed by atoms with Gasteiger partial charge in [-0.1, -0.05) is 6.92 Å². The number of halogens is 3. The Morgan fingerprint density at radius 3 is 2.52 bits per heavy atom. The number of alkyl halides is 3. The van der Waals surface area contributed by atoms with E-state index in [1.807, 2.05) is 18.5 Å². The minimum Gasteiger partial charge on any atom is -0.352 e. The van der Waals surface area contributed by atoms with E-state index in [0.717, 1.165) is 23.9 Å². The summed E-state index contributed by atoms with van der Waals surface area (Å²) in [6, 6.07) is 0.979. The number of nitrogens with zero attached hydrogens (tertiary/aromatic N) is 4. The second-order valence-corrected chi connectivity index (χ2v) is 6.04. The van der Waals surface area contributed by atoms with Crippen LogP contribution in [0.5, 0.6) is 0 Å². The number of carbonyl (C=O) groups excluding carboxylic acids is 1. The van der Waals surface area contributed by atoms with Gasteiger partial charge in [0.25, 0.3) is 0 Å². The van der Waals surface area contributed by atoms with Crippen LogP contribution in [0.3, 0.4) is 0 Å². The van der Waals surface area contributed by atoms with Crippen molar-refractivity contribution in [1.29, 1.82) is 0 Å². The van der Waals surface area contributed by atoms with Crippen molar-refractivity contribution >= 4 is 5.91 Å². The van der Waals surface area contributed by atoms with E-state index in [0.29, 0.717) is 12.2 Å². The number of carbonyl (C=O) groups is 1. The molecule has 138 valence electrons. The largest absolute Gasteiger partial charge is 0.435 e. The molecule has 2 aromatic heterocycles. The van der Waals surface area contributed by atoms with Gasteiger partial charge in [-0.3, -0.25) is 14.2 Å². The van der Waals surface area contributed by atoms with Gasteiger partial charge in [-0.05, 0) is 26.8 Å². The van der Waals surface area contributed by atoms with Crippen LogP contribution >= 0.6 is 0 Å². The van der Waals surface area contributed by atoms with Crippen LogP contribution in [0, 0.1) is 19.8 Å². The van der Waals surface area contributed by atoms with Crippen molar-refractivity contribution in [3.8, 4) is 0 Å². The van der Waals surface area contributed by atoms with E-state index in [4.69, 9.17) is 0 Å². The molecule has 0 radical (unpaired) electrons. The summed E-state index contributed by atoms with van der Waals surface area (Å²) in [5, 5.41) is 10.6. The van der Waals surface area contributed by atoms with Crippen molar-refractivity contribution in [2.24, 2.45) is 5.92 Å². The van der Waals surface area contributed by atoms with Crippen LogP contribution in [0.4, 0.5) is 13.2 Å². The number of rotatable bonds is 6. The highest BCUT2D eigenvalue weighted by Crippen LogP contribution is 2.28. The molecule has 2 aromatic rings. The number of aryl methyl sites for hydroxylation is 2. The van der Waals surface area contributed by atoms with Gasteiger partial charge < -0.3 is 5.32 Å². The summed E-state index contributed by atoms with van der Waals surface area (Å²) in [4.78, 5) is 12.2. The Morgan fingerprint density at radius 2 is 2.00 bits per heavy atom. The van der Waals surface area contributed by atoms with Crippen molar-refractivity contribution in [2.45, 2.75) is 53.5 Å². The van der Waals surface area contributed by atoms with Gasteiger partial charge in [-0.25, -0.2) is 0 Å². The monoisotopic (exact) mass is 357 g/mol. The van der Waals surface area contributed by atoms with E-state index in [2.05, 4.69) is 15.5 Å². The van der Waals surface area contributed by atoms with Gasteiger partial charge >= 0.3 is 6.18 Å². The molecule has 1 amide bonds. The number of nitrogens with one attached hydrogen (secondary N) is 1. The SMILES string of the molecule is CCn1ncc(CNC(=O)C(C)Cn2nc(C(F)(F)F)cc2C)c1C. The summed E-state index contributed by atoms with van der Waals surface area (Å²) < 4.78 is 41.1. The second kappa shape index (κ2) is 7.28. The molecule has 2 rings (SSSR count). The fraction of sp³-hybridized carbons (Fsp3) is 0.562. The first-order valence-electron chi connectivity index (χ1n) is 8.04. The standard InChI is InChI=1S/C16H22F3N5O/c1-5-23-12(4)13(8-21-23)7-20-15(25)10(2)9-24-11(3)6-14(22-24)16(17,18)19/h6,8,10H,5,7,9H2,1-4H3,(H,20,25). The van der Waals surface area contributed by atoms with Crippen LogP contribution < -0.4 is 5.32 Å². The van der Waals surface area contributed by atoms with Crippen LogP contribution in [-0.4, -0.2) is 25.5 Å². The molecular formula is C16H22F3N5O. The van der Waals surface area contributed by atoms with Gasteiger partial charge in [0.05, 0.1) is 18.7 Å². The first-order valence-corrected chi connectivity index (χ1v) is 8.04. The molecule has 9 heteroatoms. The average Bonchev–Trinajstić information content (AvgIpc) is 3.08. The Labute approximate surface area is 144 Å². The highest BCUT2D eigenvalue weighted by Gasteiger charge is 2.34. The molecule has 0 bridgehead atoms. The molecule has 0 aliphatic heterocycles. The van der Waals surface area contributed by atoms with E-state index in [9.17, 15) is 18.0 Å². The molecule has 0 aliphatic rings. The van der Waals surface area contributed by atoms with Gasteiger partial charge in [0.15, 0.2) is 5.69 Å². The highest BCUT2D eigenvalue weighted by atomic mass is 19.4. The van der Waals surface area contributed by atoms with Crippen LogP contribution in [0.1, 0.15) is 36.5 Å². The molecule has 2 heterocycles. The Morgan fingerprint density at radius 1 is 1.32 bits per heavy atom.